The SMILES string of the molecule is Cc1cc(C(=O)Nc2ccc(I)cc2)n(Cc2csc(N3CCCC(C)C3)n2)c1.Cc1cc(C(=O)O)n(Cc2csc(N3CCCC(C)C3)n2)c1.Nc1ccc(I)cc1. The summed E-state index contributed by atoms with van der Waals surface area (Å²) >= 11 is 7.85. The summed E-state index contributed by atoms with van der Waals surface area (Å²) in [7, 11) is 0. The lowest BCUT2D eigenvalue weighted by Crippen LogP contribution is -2.34. The molecule has 4 aromatic heterocycles. The summed E-state index contributed by atoms with van der Waals surface area (Å²) in [5.74, 6) is 0.444. The van der Waals surface area contributed by atoms with Gasteiger partial charge in [0.1, 0.15) is 11.4 Å². The molecule has 2 aromatic carbocycles. The van der Waals surface area contributed by atoms with Crippen LogP contribution in [-0.2, 0) is 13.1 Å². The van der Waals surface area contributed by atoms with Crippen LogP contribution in [0.15, 0.2) is 83.8 Å². The number of nitrogens with two attached hydrogens (primary N) is 1. The van der Waals surface area contributed by atoms with Gasteiger partial charge in [0.05, 0.1) is 24.5 Å². The highest BCUT2D eigenvalue weighted by molar-refractivity contribution is 14.1. The number of thiazole rings is 2. The van der Waals surface area contributed by atoms with Crippen LogP contribution in [0.1, 0.15) is 83.0 Å². The maximum atomic E-state index is 12.9. The summed E-state index contributed by atoms with van der Waals surface area (Å²) in [4.78, 5) is 38.4. The Labute approximate surface area is 382 Å². The molecule has 2 saturated heterocycles. The number of amides is 1. The zero-order valence-corrected chi connectivity index (χ0v) is 39.9. The van der Waals surface area contributed by atoms with Gasteiger partial charge in [0, 0.05) is 67.8 Å². The fourth-order valence-corrected chi connectivity index (χ4v) is 9.67. The monoisotopic (exact) mass is 1060 g/mol. The molecule has 6 aromatic rings. The van der Waals surface area contributed by atoms with Gasteiger partial charge in [0.2, 0.25) is 0 Å². The van der Waals surface area contributed by atoms with Crippen molar-refractivity contribution in [3.8, 4) is 0 Å². The van der Waals surface area contributed by atoms with Gasteiger partial charge in [-0.05, 0) is 168 Å². The highest BCUT2D eigenvalue weighted by Crippen LogP contribution is 2.28. The fraction of sp³-hybridized carbons (Fsp3) is 0.364. The van der Waals surface area contributed by atoms with Gasteiger partial charge >= 0.3 is 5.97 Å². The van der Waals surface area contributed by atoms with E-state index in [2.05, 4.69) is 79.5 Å². The molecule has 15 heteroatoms. The number of carbonyl (C=O) groups excluding carboxylic acids is 1. The number of rotatable bonds is 9. The molecule has 2 fully saturated rings. The van der Waals surface area contributed by atoms with Crippen LogP contribution in [0, 0.1) is 32.8 Å². The van der Waals surface area contributed by atoms with E-state index in [1.54, 1.807) is 33.3 Å². The number of anilines is 4. The second-order valence-electron chi connectivity index (χ2n) is 15.5. The van der Waals surface area contributed by atoms with Crippen LogP contribution in [-0.4, -0.2) is 62.3 Å². The Morgan fingerprint density at radius 1 is 0.763 bits per heavy atom. The molecule has 0 bridgehead atoms. The van der Waals surface area contributed by atoms with Crippen molar-refractivity contribution in [2.45, 2.75) is 66.5 Å². The molecular formula is C44H52I2N8O3S2. The van der Waals surface area contributed by atoms with Gasteiger partial charge in [-0.15, -0.1) is 22.7 Å². The Morgan fingerprint density at radius 2 is 1.22 bits per heavy atom. The topological polar surface area (TPSA) is 135 Å². The Bertz CT molecular complexity index is 2280. The number of piperidine rings is 2. The average Bonchev–Trinajstić information content (AvgIpc) is 4.02. The third kappa shape index (κ3) is 13.0. The smallest absolute Gasteiger partial charge is 0.352 e. The van der Waals surface area contributed by atoms with E-state index in [0.29, 0.717) is 30.4 Å². The zero-order valence-electron chi connectivity index (χ0n) is 33.9. The minimum absolute atomic E-state index is 0.0976. The van der Waals surface area contributed by atoms with Gasteiger partial charge in [0.25, 0.3) is 5.91 Å². The highest BCUT2D eigenvalue weighted by Gasteiger charge is 2.21. The second-order valence-corrected chi connectivity index (χ2v) is 19.7. The Balaban J connectivity index is 0.000000171. The maximum absolute atomic E-state index is 12.9. The van der Waals surface area contributed by atoms with E-state index in [1.807, 2.05) is 90.8 Å². The molecule has 2 aliphatic rings. The standard InChI is InChI=1S/C22H25IN4OS.C16H21N3O2S.C6H6IN/c1-15-4-3-9-26(11-15)22-25-19(14-29-22)13-27-12-16(2)10-20(27)21(28)24-18-7-5-17(23)6-8-18;1-11-4-3-5-18(7-11)16-17-13(10-22-16)9-19-8-12(2)6-14(19)15(20)21;7-5-1-3-6(8)4-2-5/h5-8,10,12,14-15H,3-4,9,11,13H2,1-2H3,(H,24,28);6,8,10-11H,3-5,7,9H2,1-2H3,(H,20,21);1-4H,8H2. The highest BCUT2D eigenvalue weighted by atomic mass is 127. The number of benzene rings is 2. The molecule has 2 aliphatic heterocycles. The first-order valence-electron chi connectivity index (χ1n) is 19.8. The Morgan fingerprint density at radius 3 is 1.68 bits per heavy atom. The number of carbonyl (C=O) groups is 2. The molecule has 0 radical (unpaired) electrons. The number of aryl methyl sites for hydroxylation is 2. The van der Waals surface area contributed by atoms with Crippen molar-refractivity contribution < 1.29 is 14.7 Å². The molecule has 312 valence electrons. The van der Waals surface area contributed by atoms with Crippen LogP contribution >= 0.6 is 67.9 Å². The average molecular weight is 1060 g/mol. The summed E-state index contributed by atoms with van der Waals surface area (Å²) in [6.07, 6.45) is 8.93. The van der Waals surface area contributed by atoms with E-state index >= 15 is 0 Å². The number of carboxylic acid groups (broad SMARTS) is 1. The van der Waals surface area contributed by atoms with Crippen LogP contribution in [0.5, 0.6) is 0 Å². The third-order valence-corrected chi connectivity index (χ3v) is 13.4. The van der Waals surface area contributed by atoms with Gasteiger partial charge in [-0.3, -0.25) is 4.79 Å². The van der Waals surface area contributed by atoms with Crippen molar-refractivity contribution in [3.63, 3.8) is 0 Å². The van der Waals surface area contributed by atoms with Crippen molar-refractivity contribution >= 4 is 101 Å². The number of nitrogen functional groups attached to an aromatic ring is 1. The van der Waals surface area contributed by atoms with E-state index in [1.165, 1.54) is 29.3 Å². The number of nitrogens with zero attached hydrogens (tertiary/aromatic N) is 6. The first-order valence-corrected chi connectivity index (χ1v) is 23.7. The van der Waals surface area contributed by atoms with Crippen LogP contribution < -0.4 is 20.9 Å². The van der Waals surface area contributed by atoms with Crippen molar-refractivity contribution in [1.82, 2.24) is 19.1 Å². The summed E-state index contributed by atoms with van der Waals surface area (Å²) in [5, 5.41) is 18.6. The number of hydrogen-bond acceptors (Lipinski definition) is 9. The van der Waals surface area contributed by atoms with E-state index in [-0.39, 0.29) is 5.91 Å². The van der Waals surface area contributed by atoms with Crippen molar-refractivity contribution in [3.05, 3.63) is 125 Å². The van der Waals surface area contributed by atoms with Crippen LogP contribution in [0.4, 0.5) is 21.6 Å². The molecule has 8 rings (SSSR count). The maximum Gasteiger partial charge on any atom is 0.352 e. The second kappa shape index (κ2) is 21.0. The molecule has 11 nitrogen and oxygen atoms in total. The Kier molecular flexibility index (Phi) is 15.9. The van der Waals surface area contributed by atoms with Crippen LogP contribution in [0.25, 0.3) is 0 Å². The first kappa shape index (κ1) is 44.6. The molecule has 1 amide bonds. The molecule has 6 heterocycles. The molecule has 2 unspecified atom stereocenters. The van der Waals surface area contributed by atoms with Gasteiger partial charge in [-0.2, -0.15) is 0 Å². The quantitative estimate of drug-likeness (QED) is 0.0963. The van der Waals surface area contributed by atoms with Gasteiger partial charge < -0.3 is 35.1 Å². The fourth-order valence-electron chi connectivity index (χ4n) is 7.24. The normalized spacial score (nSPS) is 16.4. The number of aromatic carboxylic acids is 1. The van der Waals surface area contributed by atoms with E-state index in [9.17, 15) is 14.7 Å². The lowest BCUT2D eigenvalue weighted by molar-refractivity contribution is 0.0685. The molecule has 4 N–H and O–H groups in total. The van der Waals surface area contributed by atoms with Crippen LogP contribution in [0.3, 0.4) is 0 Å². The van der Waals surface area contributed by atoms with Crippen LogP contribution in [0.2, 0.25) is 0 Å². The molecule has 0 aliphatic carbocycles. The molecular weight excluding hydrogens is 1010 g/mol. The molecule has 0 spiro atoms. The predicted octanol–water partition coefficient (Wildman–Crippen LogP) is 10.5. The number of aromatic nitrogens is 4. The van der Waals surface area contributed by atoms with Crippen molar-refractivity contribution in [2.75, 3.05) is 47.0 Å². The van der Waals surface area contributed by atoms with E-state index < -0.39 is 5.97 Å². The molecule has 0 saturated carbocycles. The van der Waals surface area contributed by atoms with Gasteiger partial charge in [0.15, 0.2) is 10.3 Å². The number of nitrogens with one attached hydrogen (secondary N) is 1. The minimum atomic E-state index is -0.895. The number of halogens is 2. The summed E-state index contributed by atoms with van der Waals surface area (Å²) in [6, 6.07) is 19.2. The van der Waals surface area contributed by atoms with Crippen molar-refractivity contribution in [2.24, 2.45) is 11.8 Å². The summed E-state index contributed by atoms with van der Waals surface area (Å²) in [6.45, 7) is 13.9. The lowest BCUT2D eigenvalue weighted by atomic mass is 10.0. The molecule has 2 atom stereocenters. The summed E-state index contributed by atoms with van der Waals surface area (Å²) in [5.41, 5.74) is 12.0. The van der Waals surface area contributed by atoms with E-state index in [0.717, 1.165) is 79.8 Å². The lowest BCUT2D eigenvalue weighted by Gasteiger charge is -2.30. The first-order chi connectivity index (χ1) is 28.3. The van der Waals surface area contributed by atoms with Gasteiger partial charge in [-0.1, -0.05) is 13.8 Å². The van der Waals surface area contributed by atoms with E-state index in [4.69, 9.17) is 15.7 Å². The zero-order chi connectivity index (χ0) is 42.1. The van der Waals surface area contributed by atoms with Crippen molar-refractivity contribution in [1.29, 1.82) is 0 Å². The largest absolute Gasteiger partial charge is 0.477 e. The predicted molar refractivity (Wildman–Crippen MR) is 260 cm³/mol. The Hall–Kier alpha value is -3.94. The summed E-state index contributed by atoms with van der Waals surface area (Å²) < 4.78 is 6.11. The molecule has 59 heavy (non-hydrogen) atoms. The van der Waals surface area contributed by atoms with Gasteiger partial charge in [-0.25, -0.2) is 14.8 Å². The number of hydrogen-bond donors (Lipinski definition) is 3. The minimum Gasteiger partial charge on any atom is -0.477 e. The number of carboxylic acids is 1. The third-order valence-electron chi connectivity index (χ3n) is 10.1.